The molecule has 1 unspecified atom stereocenters. The fraction of sp³-hybridized carbons (Fsp3) is 0.412. The third-order valence-corrected chi connectivity index (χ3v) is 3.74. The summed E-state index contributed by atoms with van der Waals surface area (Å²) in [4.78, 5) is 12.2. The van der Waals surface area contributed by atoms with Gasteiger partial charge in [-0.15, -0.1) is 0 Å². The second kappa shape index (κ2) is 6.62. The Kier molecular flexibility index (Phi) is 5.00. The molecule has 0 fully saturated rings. The smallest absolute Gasteiger partial charge is 0.266 e. The van der Waals surface area contributed by atoms with Gasteiger partial charge in [-0.3, -0.25) is 4.79 Å². The van der Waals surface area contributed by atoms with Crippen LogP contribution in [0.25, 0.3) is 0 Å². The van der Waals surface area contributed by atoms with Crippen molar-refractivity contribution < 1.29 is 14.1 Å². The first-order valence-electron chi connectivity index (χ1n) is 7.37. The Morgan fingerprint density at radius 2 is 2.04 bits per heavy atom. The van der Waals surface area contributed by atoms with Crippen molar-refractivity contribution in [2.75, 3.05) is 5.32 Å². The number of halogens is 1. The highest BCUT2D eigenvalue weighted by Gasteiger charge is 2.22. The van der Waals surface area contributed by atoms with E-state index in [1.165, 1.54) is 0 Å². The van der Waals surface area contributed by atoms with Crippen LogP contribution in [0.1, 0.15) is 39.0 Å². The number of aromatic nitrogens is 1. The summed E-state index contributed by atoms with van der Waals surface area (Å²) in [6, 6.07) is 6.98. The average Bonchev–Trinajstić information content (AvgIpc) is 2.91. The summed E-state index contributed by atoms with van der Waals surface area (Å²) in [5.74, 6) is 1.37. The number of anilines is 1. The number of carbonyl (C=O) groups excluding carboxylic acids is 1. The molecule has 5 nitrogen and oxygen atoms in total. The molecule has 1 aromatic carbocycles. The van der Waals surface area contributed by atoms with Crippen LogP contribution in [0, 0.1) is 6.92 Å². The number of hydrogen-bond acceptors (Lipinski definition) is 4. The molecule has 1 atom stereocenters. The predicted molar refractivity (Wildman–Crippen MR) is 90.1 cm³/mol. The molecule has 2 rings (SSSR count). The number of nitrogens with zero attached hydrogens (tertiary/aromatic N) is 1. The molecular formula is C17H21ClN2O3. The molecular weight excluding hydrogens is 316 g/mol. The van der Waals surface area contributed by atoms with Gasteiger partial charge < -0.3 is 14.6 Å². The van der Waals surface area contributed by atoms with Crippen molar-refractivity contribution in [1.29, 1.82) is 0 Å². The maximum atomic E-state index is 12.2. The Balaban J connectivity index is 1.99. The average molecular weight is 337 g/mol. The molecule has 0 saturated heterocycles. The van der Waals surface area contributed by atoms with E-state index in [2.05, 4.69) is 10.5 Å². The van der Waals surface area contributed by atoms with Crippen LogP contribution in [-0.2, 0) is 10.2 Å². The lowest BCUT2D eigenvalue weighted by Gasteiger charge is -2.14. The third kappa shape index (κ3) is 4.48. The van der Waals surface area contributed by atoms with Gasteiger partial charge in [0.2, 0.25) is 0 Å². The monoisotopic (exact) mass is 336 g/mol. The van der Waals surface area contributed by atoms with Gasteiger partial charge in [-0.25, -0.2) is 0 Å². The second-order valence-corrected chi connectivity index (χ2v) is 6.89. The molecule has 23 heavy (non-hydrogen) atoms. The van der Waals surface area contributed by atoms with E-state index in [0.717, 1.165) is 5.56 Å². The molecule has 1 heterocycles. The van der Waals surface area contributed by atoms with Crippen LogP contribution in [0.15, 0.2) is 28.8 Å². The highest BCUT2D eigenvalue weighted by atomic mass is 35.5. The van der Waals surface area contributed by atoms with Crippen molar-refractivity contribution in [2.24, 2.45) is 0 Å². The van der Waals surface area contributed by atoms with Crippen LogP contribution in [0.5, 0.6) is 5.75 Å². The lowest BCUT2D eigenvalue weighted by atomic mass is 9.93. The van der Waals surface area contributed by atoms with Gasteiger partial charge in [0.1, 0.15) is 11.5 Å². The Hall–Kier alpha value is -2.01. The minimum atomic E-state index is -0.676. The van der Waals surface area contributed by atoms with Crippen LogP contribution < -0.4 is 10.1 Å². The van der Waals surface area contributed by atoms with Gasteiger partial charge in [0.15, 0.2) is 11.9 Å². The van der Waals surface area contributed by atoms with Crippen LogP contribution in [0.2, 0.25) is 5.02 Å². The highest BCUT2D eigenvalue weighted by Crippen LogP contribution is 2.25. The fourth-order valence-electron chi connectivity index (χ4n) is 1.86. The molecule has 0 aliphatic heterocycles. The van der Waals surface area contributed by atoms with Gasteiger partial charge in [0.25, 0.3) is 5.91 Å². The van der Waals surface area contributed by atoms with E-state index < -0.39 is 6.10 Å². The molecule has 124 valence electrons. The molecule has 1 aromatic heterocycles. The summed E-state index contributed by atoms with van der Waals surface area (Å²) in [6.45, 7) is 9.57. The number of hydrogen-bond donors (Lipinski definition) is 1. The summed E-state index contributed by atoms with van der Waals surface area (Å²) < 4.78 is 10.9. The molecule has 1 N–H and O–H groups in total. The number of benzene rings is 1. The molecule has 0 saturated carbocycles. The molecule has 0 aliphatic carbocycles. The maximum absolute atomic E-state index is 12.2. The second-order valence-electron chi connectivity index (χ2n) is 6.49. The Morgan fingerprint density at radius 3 is 2.61 bits per heavy atom. The number of carbonyl (C=O) groups is 1. The van der Waals surface area contributed by atoms with Gasteiger partial charge in [-0.05, 0) is 37.6 Å². The summed E-state index contributed by atoms with van der Waals surface area (Å²) in [5.41, 5.74) is 0.724. The summed E-state index contributed by atoms with van der Waals surface area (Å²) in [5, 5.41) is 7.20. The van der Waals surface area contributed by atoms with E-state index >= 15 is 0 Å². The van der Waals surface area contributed by atoms with Crippen molar-refractivity contribution >= 4 is 23.3 Å². The predicted octanol–water partition coefficient (Wildman–Crippen LogP) is 4.34. The maximum Gasteiger partial charge on any atom is 0.266 e. The minimum absolute atomic E-state index is 0.168. The highest BCUT2D eigenvalue weighted by molar-refractivity contribution is 6.31. The molecule has 0 bridgehead atoms. The van der Waals surface area contributed by atoms with Crippen molar-refractivity contribution in [1.82, 2.24) is 5.16 Å². The third-order valence-electron chi connectivity index (χ3n) is 3.31. The van der Waals surface area contributed by atoms with Crippen LogP contribution in [-0.4, -0.2) is 17.2 Å². The number of aryl methyl sites for hydroxylation is 1. The Labute approximate surface area is 141 Å². The van der Waals surface area contributed by atoms with E-state index in [0.29, 0.717) is 22.4 Å². The molecule has 0 radical (unpaired) electrons. The van der Waals surface area contributed by atoms with E-state index in [4.69, 9.17) is 20.9 Å². The van der Waals surface area contributed by atoms with Gasteiger partial charge in [0, 0.05) is 16.5 Å². The first-order chi connectivity index (χ1) is 10.7. The van der Waals surface area contributed by atoms with E-state index in [1.807, 2.05) is 27.7 Å². The largest absolute Gasteiger partial charge is 0.481 e. The standard InChI is InChI=1S/C17H21ClN2O3/c1-10-8-12(6-7-13(10)18)22-11(2)16(21)19-15-9-14(23-20-15)17(3,4)5/h6-9,11H,1-5H3,(H,19,20,21). The molecule has 2 aromatic rings. The number of nitrogens with one attached hydrogen (secondary N) is 1. The number of ether oxygens (including phenoxy) is 1. The fourth-order valence-corrected chi connectivity index (χ4v) is 1.98. The summed E-state index contributed by atoms with van der Waals surface area (Å²) in [7, 11) is 0. The minimum Gasteiger partial charge on any atom is -0.481 e. The first kappa shape index (κ1) is 17.3. The molecule has 0 aliphatic rings. The number of amides is 1. The topological polar surface area (TPSA) is 64.4 Å². The quantitative estimate of drug-likeness (QED) is 0.902. The normalized spacial score (nSPS) is 12.8. The van der Waals surface area contributed by atoms with Crippen LogP contribution >= 0.6 is 11.6 Å². The molecule has 6 heteroatoms. The zero-order valence-corrected chi connectivity index (χ0v) is 14.7. The van der Waals surface area contributed by atoms with Crippen molar-refractivity contribution in [2.45, 2.75) is 46.1 Å². The van der Waals surface area contributed by atoms with Gasteiger partial charge >= 0.3 is 0 Å². The SMILES string of the molecule is Cc1cc(OC(C)C(=O)Nc2cc(C(C)(C)C)on2)ccc1Cl. The zero-order chi connectivity index (χ0) is 17.2. The van der Waals surface area contributed by atoms with Gasteiger partial charge in [0.05, 0.1) is 0 Å². The zero-order valence-electron chi connectivity index (χ0n) is 13.9. The van der Waals surface area contributed by atoms with E-state index in [1.54, 1.807) is 31.2 Å². The van der Waals surface area contributed by atoms with Crippen LogP contribution in [0.4, 0.5) is 5.82 Å². The van der Waals surface area contributed by atoms with Crippen LogP contribution in [0.3, 0.4) is 0 Å². The summed E-state index contributed by atoms with van der Waals surface area (Å²) in [6.07, 6.45) is -0.676. The van der Waals surface area contributed by atoms with Crippen molar-refractivity contribution in [3.8, 4) is 5.75 Å². The first-order valence-corrected chi connectivity index (χ1v) is 7.75. The Morgan fingerprint density at radius 1 is 1.35 bits per heavy atom. The van der Waals surface area contributed by atoms with E-state index in [9.17, 15) is 4.79 Å². The number of rotatable bonds is 4. The Bertz CT molecular complexity index is 704. The van der Waals surface area contributed by atoms with Crippen molar-refractivity contribution in [3.05, 3.63) is 40.6 Å². The summed E-state index contributed by atoms with van der Waals surface area (Å²) >= 11 is 5.97. The lowest BCUT2D eigenvalue weighted by molar-refractivity contribution is -0.122. The molecule has 0 spiro atoms. The van der Waals surface area contributed by atoms with Gasteiger partial charge in [-0.1, -0.05) is 37.5 Å². The van der Waals surface area contributed by atoms with Gasteiger partial charge in [-0.2, -0.15) is 0 Å². The lowest BCUT2D eigenvalue weighted by Crippen LogP contribution is -2.30. The van der Waals surface area contributed by atoms with Crippen molar-refractivity contribution in [3.63, 3.8) is 0 Å². The molecule has 1 amide bonds. The van der Waals surface area contributed by atoms with E-state index in [-0.39, 0.29) is 11.3 Å².